The van der Waals surface area contributed by atoms with Gasteiger partial charge in [-0.25, -0.2) is 4.98 Å². The Morgan fingerprint density at radius 2 is 1.71 bits per heavy atom. The lowest BCUT2D eigenvalue weighted by molar-refractivity contribution is -0.0980. The SMILES string of the molecule is C=O.CC.CN1CCN(Cc2ccc(C(=O)NN(CC(C)(C)C)c3ccnc(C#N)n3)cc2)CC1. The molecule has 9 heteroatoms. The van der Waals surface area contributed by atoms with Crippen LogP contribution in [0.3, 0.4) is 0 Å². The summed E-state index contributed by atoms with van der Waals surface area (Å²) in [7, 11) is 2.15. The van der Waals surface area contributed by atoms with Gasteiger partial charge in [0.2, 0.25) is 5.82 Å². The van der Waals surface area contributed by atoms with Gasteiger partial charge in [-0.15, -0.1) is 0 Å². The predicted octanol–water partition coefficient (Wildman–Crippen LogP) is 3.13. The van der Waals surface area contributed by atoms with Gasteiger partial charge in [-0.1, -0.05) is 46.8 Å². The summed E-state index contributed by atoms with van der Waals surface area (Å²) in [5.74, 6) is 0.341. The Bertz CT molecular complexity index is 943. The zero-order chi connectivity index (χ0) is 26.4. The molecule has 1 aliphatic rings. The largest absolute Gasteiger partial charge is 0.307 e. The number of aromatic nitrogens is 2. The maximum Gasteiger partial charge on any atom is 0.269 e. The van der Waals surface area contributed by atoms with Crippen molar-refractivity contribution in [2.45, 2.75) is 41.2 Å². The van der Waals surface area contributed by atoms with E-state index in [9.17, 15) is 4.79 Å². The summed E-state index contributed by atoms with van der Waals surface area (Å²) < 4.78 is 0. The quantitative estimate of drug-likeness (QED) is 0.628. The number of nitrogens with zero attached hydrogens (tertiary/aromatic N) is 6. The van der Waals surface area contributed by atoms with Gasteiger partial charge < -0.3 is 9.69 Å². The lowest BCUT2D eigenvalue weighted by Crippen LogP contribution is -2.47. The lowest BCUT2D eigenvalue weighted by Gasteiger charge is -2.32. The van der Waals surface area contributed by atoms with Gasteiger partial charge in [-0.05, 0) is 30.2 Å². The molecule has 190 valence electrons. The van der Waals surface area contributed by atoms with Crippen molar-refractivity contribution in [2.24, 2.45) is 5.41 Å². The molecule has 0 aliphatic carbocycles. The van der Waals surface area contributed by atoms with Crippen LogP contribution in [-0.2, 0) is 11.3 Å². The first-order chi connectivity index (χ1) is 16.7. The van der Waals surface area contributed by atoms with Crippen LogP contribution in [0.2, 0.25) is 0 Å². The number of anilines is 1. The summed E-state index contributed by atoms with van der Waals surface area (Å²) in [5.41, 5.74) is 4.62. The molecule has 1 aromatic heterocycles. The number of nitriles is 1. The fourth-order valence-electron chi connectivity index (χ4n) is 3.42. The van der Waals surface area contributed by atoms with Crippen molar-refractivity contribution >= 4 is 18.5 Å². The molecule has 2 heterocycles. The predicted molar refractivity (Wildman–Crippen MR) is 139 cm³/mol. The third-order valence-corrected chi connectivity index (χ3v) is 5.10. The van der Waals surface area contributed by atoms with Gasteiger partial charge in [0, 0.05) is 57.1 Å². The van der Waals surface area contributed by atoms with Crippen LogP contribution in [0.4, 0.5) is 5.82 Å². The molecule has 0 unspecified atom stereocenters. The summed E-state index contributed by atoms with van der Waals surface area (Å²) in [6, 6.07) is 11.4. The van der Waals surface area contributed by atoms with Crippen molar-refractivity contribution in [2.75, 3.05) is 44.8 Å². The Morgan fingerprint density at radius 3 is 2.26 bits per heavy atom. The normalized spacial score (nSPS) is 13.9. The Labute approximate surface area is 209 Å². The number of rotatable bonds is 6. The fraction of sp³-hybridized carbons (Fsp3) is 0.500. The van der Waals surface area contributed by atoms with Gasteiger partial charge >= 0.3 is 0 Å². The van der Waals surface area contributed by atoms with Crippen LogP contribution in [0.1, 0.15) is 56.4 Å². The second-order valence-electron chi connectivity index (χ2n) is 9.21. The zero-order valence-corrected chi connectivity index (χ0v) is 21.9. The van der Waals surface area contributed by atoms with Crippen molar-refractivity contribution in [1.82, 2.24) is 25.2 Å². The molecule has 1 aromatic carbocycles. The Kier molecular flexibility index (Phi) is 12.6. The van der Waals surface area contributed by atoms with Gasteiger partial charge in [0.05, 0.1) is 0 Å². The van der Waals surface area contributed by atoms with Crippen molar-refractivity contribution < 1.29 is 9.59 Å². The first kappa shape index (κ1) is 29.7. The molecule has 1 fully saturated rings. The molecule has 1 N–H and O–H groups in total. The molecule has 0 bridgehead atoms. The minimum Gasteiger partial charge on any atom is -0.307 e. The summed E-state index contributed by atoms with van der Waals surface area (Å²) in [4.78, 5) is 33.9. The van der Waals surface area contributed by atoms with Crippen molar-refractivity contribution in [3.8, 4) is 6.07 Å². The molecular formula is C26H39N7O2. The minimum absolute atomic E-state index is 0.0684. The molecule has 1 amide bonds. The smallest absolute Gasteiger partial charge is 0.269 e. The van der Waals surface area contributed by atoms with Gasteiger partial charge in [0.15, 0.2) is 5.82 Å². The minimum atomic E-state index is -0.215. The summed E-state index contributed by atoms with van der Waals surface area (Å²) in [5, 5.41) is 10.8. The number of hydrazine groups is 1. The standard InChI is InChI=1S/C23H31N7O.C2H6.CH2O/c1-23(2,3)17-30(21-9-10-25-20(15-24)26-21)27-22(31)19-7-5-18(6-8-19)16-29-13-11-28(4)12-14-29;2*1-2/h5-10H,11-14,16-17H2,1-4H3,(H,27,31);1-2H3;1H2. The van der Waals surface area contributed by atoms with Crippen molar-refractivity contribution in [3.05, 3.63) is 53.5 Å². The van der Waals surface area contributed by atoms with Crippen LogP contribution in [0, 0.1) is 16.7 Å². The van der Waals surface area contributed by atoms with Crippen LogP contribution in [0.15, 0.2) is 36.5 Å². The number of hydrogen-bond donors (Lipinski definition) is 1. The monoisotopic (exact) mass is 481 g/mol. The summed E-state index contributed by atoms with van der Waals surface area (Å²) in [6.45, 7) is 17.9. The number of nitrogens with one attached hydrogen (secondary N) is 1. The van der Waals surface area contributed by atoms with Crippen molar-refractivity contribution in [1.29, 1.82) is 5.26 Å². The van der Waals surface area contributed by atoms with Gasteiger partial charge in [0.25, 0.3) is 5.91 Å². The first-order valence-corrected chi connectivity index (χ1v) is 11.8. The van der Waals surface area contributed by atoms with E-state index in [4.69, 9.17) is 10.1 Å². The highest BCUT2D eigenvalue weighted by Crippen LogP contribution is 2.19. The van der Waals surface area contributed by atoms with E-state index in [1.807, 2.05) is 51.0 Å². The number of carbonyl (C=O) groups excluding carboxylic acids is 2. The number of piperazine rings is 1. The van der Waals surface area contributed by atoms with E-state index < -0.39 is 0 Å². The molecule has 2 aromatic rings. The summed E-state index contributed by atoms with van der Waals surface area (Å²) >= 11 is 0. The highest BCUT2D eigenvalue weighted by Gasteiger charge is 2.21. The Morgan fingerprint density at radius 1 is 1.11 bits per heavy atom. The number of likely N-dealkylation sites (N-methyl/N-ethyl adjacent to an activating group) is 1. The van der Waals surface area contributed by atoms with E-state index in [2.05, 4.69) is 53.0 Å². The van der Waals surface area contributed by atoms with E-state index >= 15 is 0 Å². The van der Waals surface area contributed by atoms with Gasteiger partial charge in [-0.3, -0.25) is 20.1 Å². The second kappa shape index (κ2) is 14.8. The van der Waals surface area contributed by atoms with Crippen LogP contribution < -0.4 is 10.4 Å². The molecule has 3 rings (SSSR count). The lowest BCUT2D eigenvalue weighted by atomic mass is 9.97. The molecule has 35 heavy (non-hydrogen) atoms. The number of amides is 1. The molecule has 0 saturated carbocycles. The molecule has 1 aliphatic heterocycles. The number of hydrogen-bond acceptors (Lipinski definition) is 8. The molecule has 0 spiro atoms. The zero-order valence-electron chi connectivity index (χ0n) is 21.9. The van der Waals surface area contributed by atoms with E-state index in [0.717, 1.165) is 32.7 Å². The maximum absolute atomic E-state index is 12.9. The third-order valence-electron chi connectivity index (χ3n) is 5.10. The molecule has 9 nitrogen and oxygen atoms in total. The average Bonchev–Trinajstić information content (AvgIpc) is 2.87. The first-order valence-electron chi connectivity index (χ1n) is 11.8. The Balaban J connectivity index is 0.00000145. The average molecular weight is 482 g/mol. The van der Waals surface area contributed by atoms with Gasteiger partial charge in [0.1, 0.15) is 12.9 Å². The molecule has 0 radical (unpaired) electrons. The fourth-order valence-corrected chi connectivity index (χ4v) is 3.42. The molecular weight excluding hydrogens is 442 g/mol. The van der Waals surface area contributed by atoms with Crippen LogP contribution in [0.25, 0.3) is 0 Å². The third kappa shape index (κ3) is 10.2. The van der Waals surface area contributed by atoms with Crippen LogP contribution in [-0.4, -0.2) is 72.2 Å². The number of carbonyl (C=O) groups is 2. The van der Waals surface area contributed by atoms with E-state index in [-0.39, 0.29) is 17.1 Å². The maximum atomic E-state index is 12.9. The highest BCUT2D eigenvalue weighted by atomic mass is 16.2. The van der Waals surface area contributed by atoms with Crippen molar-refractivity contribution in [3.63, 3.8) is 0 Å². The second-order valence-corrected chi connectivity index (χ2v) is 9.21. The summed E-state index contributed by atoms with van der Waals surface area (Å²) in [6.07, 6.45) is 1.52. The van der Waals surface area contributed by atoms with Gasteiger partial charge in [-0.2, -0.15) is 10.2 Å². The van der Waals surface area contributed by atoms with E-state index in [1.54, 1.807) is 11.1 Å². The van der Waals surface area contributed by atoms with E-state index in [1.165, 1.54) is 11.8 Å². The molecule has 0 atom stereocenters. The molecule has 1 saturated heterocycles. The Hall–Kier alpha value is -3.35. The topological polar surface area (TPSA) is 105 Å². The number of benzene rings is 1. The van der Waals surface area contributed by atoms with Crippen LogP contribution >= 0.6 is 0 Å². The van der Waals surface area contributed by atoms with E-state index in [0.29, 0.717) is 17.9 Å². The van der Waals surface area contributed by atoms with Crippen LogP contribution in [0.5, 0.6) is 0 Å². The highest BCUT2D eigenvalue weighted by molar-refractivity contribution is 5.95.